The van der Waals surface area contributed by atoms with Crippen LogP contribution in [0.4, 0.5) is 8.78 Å². The van der Waals surface area contributed by atoms with Gasteiger partial charge in [-0.15, -0.1) is 0 Å². The van der Waals surface area contributed by atoms with Gasteiger partial charge in [0, 0.05) is 19.6 Å². The van der Waals surface area contributed by atoms with Crippen LogP contribution in [0.1, 0.15) is 28.4 Å². The number of fused-ring (bicyclic) bond motifs is 1. The molecule has 3 aromatic carbocycles. The van der Waals surface area contributed by atoms with Gasteiger partial charge in [-0.1, -0.05) is 48.5 Å². The minimum atomic E-state index is -0.668. The molecule has 1 aliphatic rings. The Morgan fingerprint density at radius 3 is 2.00 bits per heavy atom. The molecule has 1 atom stereocenters. The summed E-state index contributed by atoms with van der Waals surface area (Å²) in [6.45, 7) is 2.34. The van der Waals surface area contributed by atoms with E-state index < -0.39 is 12.2 Å². The third kappa shape index (κ3) is 5.11. The molecule has 156 valence electrons. The van der Waals surface area contributed by atoms with Crippen LogP contribution >= 0.6 is 0 Å². The van der Waals surface area contributed by atoms with Crippen molar-refractivity contribution < 1.29 is 18.6 Å². The average Bonchev–Trinajstić information content (AvgIpc) is 2.76. The van der Waals surface area contributed by atoms with E-state index in [1.165, 1.54) is 35.4 Å². The number of rotatable bonds is 7. The molecule has 5 heteroatoms. The summed E-state index contributed by atoms with van der Waals surface area (Å²) < 4.78 is 32.7. The topological polar surface area (TPSA) is 32.7 Å². The quantitative estimate of drug-likeness (QED) is 0.624. The van der Waals surface area contributed by atoms with Crippen LogP contribution in [0, 0.1) is 11.6 Å². The van der Waals surface area contributed by atoms with Gasteiger partial charge in [-0.3, -0.25) is 4.90 Å². The van der Waals surface area contributed by atoms with Gasteiger partial charge in [0.15, 0.2) is 0 Å². The van der Waals surface area contributed by atoms with Gasteiger partial charge in [-0.2, -0.15) is 0 Å². The molecule has 4 rings (SSSR count). The molecule has 0 amide bonds. The molecule has 0 radical (unpaired) electrons. The number of aliphatic hydroxyl groups is 1. The monoisotopic (exact) mass is 409 g/mol. The van der Waals surface area contributed by atoms with Gasteiger partial charge in [0.25, 0.3) is 0 Å². The number of β-amino-alcohol motifs (C(OH)–C–C–N with tert-alkyl or cyclic N) is 1. The van der Waals surface area contributed by atoms with E-state index in [1.54, 1.807) is 24.3 Å². The minimum absolute atomic E-state index is 0.123. The van der Waals surface area contributed by atoms with E-state index in [-0.39, 0.29) is 18.2 Å². The van der Waals surface area contributed by atoms with Gasteiger partial charge in [-0.25, -0.2) is 8.78 Å². The van der Waals surface area contributed by atoms with E-state index in [2.05, 4.69) is 23.1 Å². The SMILES string of the molecule is O[C@@H](COC(c1ccc(F)cc1)c1ccc(F)cc1)CN1CCc2ccccc2C1. The lowest BCUT2D eigenvalue weighted by Gasteiger charge is -2.30. The molecule has 0 spiro atoms. The number of aliphatic hydroxyl groups excluding tert-OH is 1. The number of nitrogens with zero attached hydrogens (tertiary/aromatic N) is 1. The van der Waals surface area contributed by atoms with Crippen molar-refractivity contribution in [2.45, 2.75) is 25.2 Å². The lowest BCUT2D eigenvalue weighted by molar-refractivity contribution is -0.0101. The molecular formula is C25H25F2NO2. The molecular weight excluding hydrogens is 384 g/mol. The maximum atomic E-state index is 13.3. The first-order valence-corrected chi connectivity index (χ1v) is 10.2. The molecule has 0 bridgehead atoms. The molecule has 3 nitrogen and oxygen atoms in total. The molecule has 1 aliphatic heterocycles. The Labute approximate surface area is 175 Å². The third-order valence-electron chi connectivity index (χ3n) is 5.48. The van der Waals surface area contributed by atoms with Gasteiger partial charge in [-0.05, 0) is 52.9 Å². The van der Waals surface area contributed by atoms with Crippen LogP contribution < -0.4 is 0 Å². The summed E-state index contributed by atoms with van der Waals surface area (Å²) in [5.74, 6) is -0.663. The lowest BCUT2D eigenvalue weighted by Crippen LogP contribution is -2.38. The van der Waals surface area contributed by atoms with Crippen molar-refractivity contribution in [3.05, 3.63) is 107 Å². The van der Waals surface area contributed by atoms with Crippen LogP contribution in [0.3, 0.4) is 0 Å². The summed E-state index contributed by atoms with van der Waals surface area (Å²) in [5.41, 5.74) is 4.17. The second-order valence-corrected chi connectivity index (χ2v) is 7.72. The van der Waals surface area contributed by atoms with E-state index in [4.69, 9.17) is 4.74 Å². The number of hydrogen-bond acceptors (Lipinski definition) is 3. The van der Waals surface area contributed by atoms with Crippen LogP contribution in [0.5, 0.6) is 0 Å². The maximum absolute atomic E-state index is 13.3. The first kappa shape index (κ1) is 20.7. The van der Waals surface area contributed by atoms with Crippen molar-refractivity contribution >= 4 is 0 Å². The molecule has 3 aromatic rings. The first-order valence-electron chi connectivity index (χ1n) is 10.2. The molecule has 0 aliphatic carbocycles. The summed E-state index contributed by atoms with van der Waals surface area (Å²) in [6, 6.07) is 20.5. The van der Waals surface area contributed by atoms with Crippen molar-refractivity contribution in [2.75, 3.05) is 19.7 Å². The zero-order valence-corrected chi connectivity index (χ0v) is 16.7. The Hall–Kier alpha value is -2.60. The number of ether oxygens (including phenoxy) is 1. The summed E-state index contributed by atoms with van der Waals surface area (Å²) in [7, 11) is 0. The van der Waals surface area contributed by atoms with Crippen LogP contribution in [-0.4, -0.2) is 35.8 Å². The van der Waals surface area contributed by atoms with Gasteiger partial charge in [0.1, 0.15) is 17.7 Å². The van der Waals surface area contributed by atoms with E-state index in [1.807, 2.05) is 6.07 Å². The molecule has 0 saturated heterocycles. The van der Waals surface area contributed by atoms with Crippen LogP contribution in [0.15, 0.2) is 72.8 Å². The summed E-state index contributed by atoms with van der Waals surface area (Å²) in [5, 5.41) is 10.6. The number of benzene rings is 3. The second-order valence-electron chi connectivity index (χ2n) is 7.72. The Morgan fingerprint density at radius 2 is 1.40 bits per heavy atom. The maximum Gasteiger partial charge on any atom is 0.123 e. The predicted octanol–water partition coefficient (Wildman–Crippen LogP) is 4.49. The average molecular weight is 409 g/mol. The molecule has 0 unspecified atom stereocenters. The summed E-state index contributed by atoms with van der Waals surface area (Å²) in [6.07, 6.45) is -0.209. The number of hydrogen-bond donors (Lipinski definition) is 1. The second kappa shape index (κ2) is 9.47. The Balaban J connectivity index is 1.40. The van der Waals surface area contributed by atoms with Gasteiger partial charge < -0.3 is 9.84 Å². The largest absolute Gasteiger partial charge is 0.389 e. The third-order valence-corrected chi connectivity index (χ3v) is 5.48. The summed E-state index contributed by atoms with van der Waals surface area (Å²) in [4.78, 5) is 2.22. The molecule has 30 heavy (non-hydrogen) atoms. The van der Waals surface area contributed by atoms with Crippen molar-refractivity contribution in [3.8, 4) is 0 Å². The highest BCUT2D eigenvalue weighted by Crippen LogP contribution is 2.27. The van der Waals surface area contributed by atoms with Crippen molar-refractivity contribution in [3.63, 3.8) is 0 Å². The standard InChI is InChI=1S/C25H25F2NO2/c26-22-9-5-19(6-10-22)25(20-7-11-23(27)12-8-20)30-17-24(29)16-28-14-13-18-3-1-2-4-21(18)15-28/h1-12,24-25,29H,13-17H2/t24-/m1/s1. The fourth-order valence-electron chi connectivity index (χ4n) is 3.93. The Kier molecular flexibility index (Phi) is 6.53. The fourth-order valence-corrected chi connectivity index (χ4v) is 3.93. The Morgan fingerprint density at radius 1 is 0.833 bits per heavy atom. The molecule has 0 aromatic heterocycles. The van der Waals surface area contributed by atoms with Crippen LogP contribution in [0.2, 0.25) is 0 Å². The van der Waals surface area contributed by atoms with Crippen molar-refractivity contribution in [2.24, 2.45) is 0 Å². The normalized spacial score (nSPS) is 15.2. The fraction of sp³-hybridized carbons (Fsp3) is 0.280. The van der Waals surface area contributed by atoms with Crippen molar-refractivity contribution in [1.29, 1.82) is 0 Å². The van der Waals surface area contributed by atoms with Crippen LogP contribution in [0.25, 0.3) is 0 Å². The van der Waals surface area contributed by atoms with Crippen LogP contribution in [-0.2, 0) is 17.7 Å². The Bertz CT molecular complexity index is 914. The summed E-state index contributed by atoms with van der Waals surface area (Å²) >= 11 is 0. The van der Waals surface area contributed by atoms with E-state index in [0.29, 0.717) is 6.54 Å². The van der Waals surface area contributed by atoms with Crippen molar-refractivity contribution in [1.82, 2.24) is 4.90 Å². The highest BCUT2D eigenvalue weighted by Gasteiger charge is 2.21. The predicted molar refractivity (Wildman–Crippen MR) is 112 cm³/mol. The lowest BCUT2D eigenvalue weighted by atomic mass is 9.99. The molecule has 0 fully saturated rings. The van der Waals surface area contributed by atoms with E-state index in [9.17, 15) is 13.9 Å². The molecule has 1 heterocycles. The zero-order valence-electron chi connectivity index (χ0n) is 16.7. The van der Waals surface area contributed by atoms with Gasteiger partial charge in [0.05, 0.1) is 12.7 Å². The highest BCUT2D eigenvalue weighted by atomic mass is 19.1. The van der Waals surface area contributed by atoms with Gasteiger partial charge >= 0.3 is 0 Å². The van der Waals surface area contributed by atoms with E-state index in [0.717, 1.165) is 30.6 Å². The smallest absolute Gasteiger partial charge is 0.123 e. The van der Waals surface area contributed by atoms with E-state index >= 15 is 0 Å². The zero-order chi connectivity index (χ0) is 20.9. The first-order chi connectivity index (χ1) is 14.6. The minimum Gasteiger partial charge on any atom is -0.389 e. The molecule has 1 N–H and O–H groups in total. The van der Waals surface area contributed by atoms with Gasteiger partial charge in [0.2, 0.25) is 0 Å². The highest BCUT2D eigenvalue weighted by molar-refractivity contribution is 5.31. The molecule has 0 saturated carbocycles. The number of halogens is 2.